The Morgan fingerprint density at radius 1 is 1.35 bits per heavy atom. The summed E-state index contributed by atoms with van der Waals surface area (Å²) in [6.45, 7) is 0.185. The summed E-state index contributed by atoms with van der Waals surface area (Å²) in [5.74, 6) is -1.59. The minimum Gasteiger partial charge on any atom is -0.496 e. The number of piperidine rings is 1. The fourth-order valence-electron chi connectivity index (χ4n) is 2.96. The number of primary amides is 1. The zero-order valence-corrected chi connectivity index (χ0v) is 12.4. The van der Waals surface area contributed by atoms with E-state index >= 15 is 0 Å². The average Bonchev–Trinajstić information content (AvgIpc) is 2.82. The molecule has 3 rings (SSSR count). The highest BCUT2D eigenvalue weighted by atomic mass is 16.5. The van der Waals surface area contributed by atoms with Crippen LogP contribution < -0.4 is 15.8 Å². The number of ether oxygens (including phenoxy) is 1. The number of amides is 4. The molecule has 2 heterocycles. The summed E-state index contributed by atoms with van der Waals surface area (Å²) in [5, 5.41) is 2.24. The number of rotatable bonds is 3. The molecule has 0 spiro atoms. The van der Waals surface area contributed by atoms with Gasteiger partial charge in [0.2, 0.25) is 11.8 Å². The lowest BCUT2D eigenvalue weighted by molar-refractivity contribution is -0.136. The average molecular weight is 317 g/mol. The predicted octanol–water partition coefficient (Wildman–Crippen LogP) is -0.445. The molecule has 1 aromatic rings. The zero-order valence-electron chi connectivity index (χ0n) is 12.4. The molecule has 8 nitrogen and oxygen atoms in total. The van der Waals surface area contributed by atoms with E-state index in [9.17, 15) is 19.2 Å². The number of fused-ring (bicyclic) bond motifs is 1. The number of benzene rings is 1. The van der Waals surface area contributed by atoms with Crippen LogP contribution in [0.15, 0.2) is 12.1 Å². The van der Waals surface area contributed by atoms with Crippen molar-refractivity contribution in [2.75, 3.05) is 7.11 Å². The van der Waals surface area contributed by atoms with E-state index in [-0.39, 0.29) is 42.5 Å². The summed E-state index contributed by atoms with van der Waals surface area (Å²) in [4.78, 5) is 48.6. The van der Waals surface area contributed by atoms with Gasteiger partial charge < -0.3 is 15.4 Å². The Balaban J connectivity index is 1.94. The quantitative estimate of drug-likeness (QED) is 0.732. The summed E-state index contributed by atoms with van der Waals surface area (Å²) >= 11 is 0. The second-order valence-electron chi connectivity index (χ2n) is 5.47. The van der Waals surface area contributed by atoms with Gasteiger partial charge in [-0.1, -0.05) is 0 Å². The molecule has 0 radical (unpaired) electrons. The van der Waals surface area contributed by atoms with E-state index in [2.05, 4.69) is 5.32 Å². The summed E-state index contributed by atoms with van der Waals surface area (Å²) in [7, 11) is 1.38. The van der Waals surface area contributed by atoms with E-state index in [1.807, 2.05) is 0 Å². The maximum absolute atomic E-state index is 12.6. The molecule has 0 aliphatic carbocycles. The first kappa shape index (κ1) is 15.0. The monoisotopic (exact) mass is 317 g/mol. The number of hydrogen-bond acceptors (Lipinski definition) is 5. The molecule has 2 aliphatic rings. The number of nitrogens with zero attached hydrogens (tertiary/aromatic N) is 1. The third kappa shape index (κ3) is 2.41. The van der Waals surface area contributed by atoms with Gasteiger partial charge in [-0.15, -0.1) is 0 Å². The molecule has 3 N–H and O–H groups in total. The molecule has 4 amide bonds. The highest BCUT2D eigenvalue weighted by Crippen LogP contribution is 2.32. The van der Waals surface area contributed by atoms with Crippen LogP contribution >= 0.6 is 0 Å². The normalized spacial score (nSPS) is 20.3. The van der Waals surface area contributed by atoms with Crippen LogP contribution in [0.4, 0.5) is 0 Å². The topological polar surface area (TPSA) is 119 Å². The molecule has 0 saturated carbocycles. The molecule has 120 valence electrons. The second kappa shape index (κ2) is 5.38. The minimum absolute atomic E-state index is 0.184. The molecule has 8 heteroatoms. The van der Waals surface area contributed by atoms with Crippen LogP contribution in [0.5, 0.6) is 5.75 Å². The van der Waals surface area contributed by atoms with Gasteiger partial charge in [0.25, 0.3) is 11.8 Å². The van der Waals surface area contributed by atoms with Crippen LogP contribution in [0, 0.1) is 0 Å². The molecule has 1 saturated heterocycles. The van der Waals surface area contributed by atoms with Crippen molar-refractivity contribution < 1.29 is 23.9 Å². The Morgan fingerprint density at radius 2 is 2.09 bits per heavy atom. The Bertz CT molecular complexity index is 743. The third-order valence-electron chi connectivity index (χ3n) is 4.11. The first-order valence-corrected chi connectivity index (χ1v) is 7.07. The van der Waals surface area contributed by atoms with Gasteiger partial charge in [0, 0.05) is 18.5 Å². The molecule has 0 aromatic heterocycles. The number of methoxy groups -OCH3 is 1. The second-order valence-corrected chi connectivity index (χ2v) is 5.47. The molecule has 2 aliphatic heterocycles. The van der Waals surface area contributed by atoms with Crippen LogP contribution in [0.3, 0.4) is 0 Å². The van der Waals surface area contributed by atoms with Gasteiger partial charge in [0.1, 0.15) is 11.8 Å². The molecular weight excluding hydrogens is 302 g/mol. The molecule has 1 atom stereocenters. The lowest BCUT2D eigenvalue weighted by atomic mass is 10.0. The third-order valence-corrected chi connectivity index (χ3v) is 4.11. The molecule has 1 unspecified atom stereocenters. The fraction of sp³-hybridized carbons (Fsp3) is 0.333. The molecule has 0 bridgehead atoms. The molecule has 23 heavy (non-hydrogen) atoms. The van der Waals surface area contributed by atoms with Crippen LogP contribution in [0.25, 0.3) is 0 Å². The van der Waals surface area contributed by atoms with Crippen molar-refractivity contribution in [3.05, 3.63) is 28.8 Å². The summed E-state index contributed by atoms with van der Waals surface area (Å²) < 4.78 is 5.10. The Kier molecular flexibility index (Phi) is 3.51. The highest BCUT2D eigenvalue weighted by molar-refractivity contribution is 6.06. The molecular formula is C15H15N3O5. The van der Waals surface area contributed by atoms with E-state index in [4.69, 9.17) is 10.5 Å². The van der Waals surface area contributed by atoms with E-state index < -0.39 is 17.9 Å². The van der Waals surface area contributed by atoms with Crippen LogP contribution in [-0.4, -0.2) is 41.7 Å². The van der Waals surface area contributed by atoms with E-state index in [1.54, 1.807) is 0 Å². The van der Waals surface area contributed by atoms with Crippen molar-refractivity contribution in [1.82, 2.24) is 10.2 Å². The lowest BCUT2D eigenvalue weighted by Gasteiger charge is -2.29. The van der Waals surface area contributed by atoms with Crippen molar-refractivity contribution in [2.45, 2.75) is 25.4 Å². The van der Waals surface area contributed by atoms with Crippen LogP contribution in [0.2, 0.25) is 0 Å². The summed E-state index contributed by atoms with van der Waals surface area (Å²) in [6.07, 6.45) is 0.469. The SMILES string of the molecule is COc1cc2c(cc1C(N)=O)CN(C1CCC(=O)NC1=O)C2=O. The first-order chi connectivity index (χ1) is 10.9. The Labute approximate surface area is 131 Å². The number of carbonyl (C=O) groups excluding carboxylic acids is 4. The van der Waals surface area contributed by atoms with Gasteiger partial charge in [-0.25, -0.2) is 0 Å². The maximum atomic E-state index is 12.6. The van der Waals surface area contributed by atoms with Crippen LogP contribution in [0.1, 0.15) is 39.1 Å². The van der Waals surface area contributed by atoms with Gasteiger partial charge in [-0.3, -0.25) is 24.5 Å². The van der Waals surface area contributed by atoms with E-state index in [1.165, 1.54) is 24.1 Å². The van der Waals surface area contributed by atoms with Gasteiger partial charge >= 0.3 is 0 Å². The van der Waals surface area contributed by atoms with Gasteiger partial charge in [-0.05, 0) is 24.1 Å². The van der Waals surface area contributed by atoms with E-state index in [0.717, 1.165) is 0 Å². The van der Waals surface area contributed by atoms with Crippen molar-refractivity contribution in [1.29, 1.82) is 0 Å². The zero-order chi connectivity index (χ0) is 16.7. The maximum Gasteiger partial charge on any atom is 0.255 e. The number of carbonyl (C=O) groups is 4. The van der Waals surface area contributed by atoms with Crippen molar-refractivity contribution >= 4 is 23.6 Å². The number of nitrogens with two attached hydrogens (primary N) is 1. The molecule has 1 aromatic carbocycles. The fourth-order valence-corrected chi connectivity index (χ4v) is 2.96. The number of imide groups is 1. The van der Waals surface area contributed by atoms with E-state index in [0.29, 0.717) is 11.1 Å². The van der Waals surface area contributed by atoms with Crippen molar-refractivity contribution in [2.24, 2.45) is 5.73 Å². The first-order valence-electron chi connectivity index (χ1n) is 7.07. The number of nitrogens with one attached hydrogen (secondary N) is 1. The highest BCUT2D eigenvalue weighted by Gasteiger charge is 2.39. The van der Waals surface area contributed by atoms with Gasteiger partial charge in [0.15, 0.2) is 0 Å². The van der Waals surface area contributed by atoms with Gasteiger partial charge in [0.05, 0.1) is 12.7 Å². The summed E-state index contributed by atoms with van der Waals surface area (Å²) in [6, 6.07) is 2.28. The van der Waals surface area contributed by atoms with Crippen molar-refractivity contribution in [3.63, 3.8) is 0 Å². The Morgan fingerprint density at radius 3 is 2.70 bits per heavy atom. The minimum atomic E-state index is -0.698. The smallest absolute Gasteiger partial charge is 0.255 e. The largest absolute Gasteiger partial charge is 0.496 e. The molecule has 1 fully saturated rings. The summed E-state index contributed by atoms with van der Waals surface area (Å²) in [5.41, 5.74) is 6.48. The van der Waals surface area contributed by atoms with Crippen molar-refractivity contribution in [3.8, 4) is 5.75 Å². The Hall–Kier alpha value is -2.90. The number of hydrogen-bond donors (Lipinski definition) is 2. The lowest BCUT2D eigenvalue weighted by Crippen LogP contribution is -2.52. The van der Waals surface area contributed by atoms with Gasteiger partial charge in [-0.2, -0.15) is 0 Å². The van der Waals surface area contributed by atoms with Crippen LogP contribution in [-0.2, 0) is 16.1 Å². The predicted molar refractivity (Wildman–Crippen MR) is 77.6 cm³/mol. The standard InChI is InChI=1S/C15H15N3O5/c1-23-11-5-8-7(4-9(11)13(16)20)6-18(15(8)22)10-2-3-12(19)17-14(10)21/h4-5,10H,2-3,6H2,1H3,(H2,16,20)(H,17,19,21).